The number of nitrogens with zero attached hydrogens (tertiary/aromatic N) is 2. The summed E-state index contributed by atoms with van der Waals surface area (Å²) in [6.07, 6.45) is 1.74. The van der Waals surface area contributed by atoms with E-state index in [9.17, 15) is 14.4 Å². The number of aromatic nitrogens is 1. The molecule has 2 aromatic rings. The van der Waals surface area contributed by atoms with Crippen LogP contribution in [0.3, 0.4) is 0 Å². The molecular formula is C21H22N2O4S. The maximum Gasteiger partial charge on any atom is 0.339 e. The van der Waals surface area contributed by atoms with Crippen LogP contribution in [0.15, 0.2) is 35.2 Å². The lowest BCUT2D eigenvalue weighted by Crippen LogP contribution is -2.34. The van der Waals surface area contributed by atoms with Gasteiger partial charge in [-0.05, 0) is 69.3 Å². The van der Waals surface area contributed by atoms with Crippen molar-refractivity contribution in [3.63, 3.8) is 0 Å². The monoisotopic (exact) mass is 398 g/mol. The van der Waals surface area contributed by atoms with Crippen LogP contribution in [0.2, 0.25) is 0 Å². The van der Waals surface area contributed by atoms with Crippen molar-refractivity contribution in [1.29, 1.82) is 0 Å². The second-order valence-electron chi connectivity index (χ2n) is 6.82. The van der Waals surface area contributed by atoms with Gasteiger partial charge in [0.05, 0.1) is 23.3 Å². The fourth-order valence-corrected chi connectivity index (χ4v) is 4.27. The van der Waals surface area contributed by atoms with E-state index >= 15 is 0 Å². The third kappa shape index (κ3) is 3.38. The summed E-state index contributed by atoms with van der Waals surface area (Å²) in [6.45, 7) is 7.47. The summed E-state index contributed by atoms with van der Waals surface area (Å²) in [5, 5.41) is -0.254. The number of imide groups is 1. The summed E-state index contributed by atoms with van der Waals surface area (Å²) in [4.78, 5) is 38.5. The lowest BCUT2D eigenvalue weighted by atomic mass is 10.1. The van der Waals surface area contributed by atoms with E-state index in [1.165, 1.54) is 12.0 Å². The predicted molar refractivity (Wildman–Crippen MR) is 110 cm³/mol. The normalized spacial score (nSPS) is 15.8. The smallest absolute Gasteiger partial charge is 0.339 e. The van der Waals surface area contributed by atoms with Crippen LogP contribution in [0, 0.1) is 13.8 Å². The first-order valence-electron chi connectivity index (χ1n) is 8.90. The number of esters is 1. The Labute approximate surface area is 168 Å². The highest BCUT2D eigenvalue weighted by Crippen LogP contribution is 2.35. The molecular weight excluding hydrogens is 376 g/mol. The maximum atomic E-state index is 12.6. The Morgan fingerprint density at radius 1 is 1.18 bits per heavy atom. The zero-order valence-corrected chi connectivity index (χ0v) is 17.3. The average Bonchev–Trinajstić information content (AvgIpc) is 3.09. The first-order valence-corrected chi connectivity index (χ1v) is 9.71. The lowest BCUT2D eigenvalue weighted by molar-refractivity contribution is -0.123. The summed E-state index contributed by atoms with van der Waals surface area (Å²) in [7, 11) is 1.35. The molecule has 1 fully saturated rings. The van der Waals surface area contributed by atoms with Gasteiger partial charge in [0.25, 0.3) is 11.1 Å². The lowest BCUT2D eigenvalue weighted by Gasteiger charge is -2.16. The number of para-hydroxylation sites is 1. The molecule has 146 valence electrons. The number of thioether (sulfide) groups is 1. The Bertz CT molecular complexity index is 1000. The van der Waals surface area contributed by atoms with Gasteiger partial charge < -0.3 is 9.30 Å². The van der Waals surface area contributed by atoms with Crippen LogP contribution in [-0.2, 0) is 9.53 Å². The summed E-state index contributed by atoms with van der Waals surface area (Å²) >= 11 is 0.951. The maximum absolute atomic E-state index is 12.6. The van der Waals surface area contributed by atoms with Crippen molar-refractivity contribution < 1.29 is 19.1 Å². The van der Waals surface area contributed by atoms with Crippen LogP contribution >= 0.6 is 11.8 Å². The number of hydrogen-bond donors (Lipinski definition) is 0. The molecule has 2 amide bonds. The van der Waals surface area contributed by atoms with Gasteiger partial charge in [0.1, 0.15) is 0 Å². The molecule has 3 rings (SSSR count). The summed E-state index contributed by atoms with van der Waals surface area (Å²) in [5.74, 6) is -0.688. The molecule has 28 heavy (non-hydrogen) atoms. The second-order valence-corrected chi connectivity index (χ2v) is 7.81. The number of rotatable bonds is 4. The molecule has 1 aromatic carbocycles. The van der Waals surface area contributed by atoms with E-state index in [1.54, 1.807) is 18.2 Å². The number of carbonyl (C=O) groups is 3. The van der Waals surface area contributed by atoms with Crippen molar-refractivity contribution in [1.82, 2.24) is 9.47 Å². The number of carbonyl (C=O) groups excluding carboxylic acids is 3. The van der Waals surface area contributed by atoms with E-state index in [-0.39, 0.29) is 17.2 Å². The van der Waals surface area contributed by atoms with Crippen molar-refractivity contribution >= 4 is 35.0 Å². The first kappa shape index (κ1) is 19.9. The average molecular weight is 398 g/mol. The van der Waals surface area contributed by atoms with Crippen LogP contribution in [0.25, 0.3) is 11.8 Å². The van der Waals surface area contributed by atoms with Crippen molar-refractivity contribution in [3.05, 3.63) is 57.8 Å². The van der Waals surface area contributed by atoms with Gasteiger partial charge in [0.15, 0.2) is 0 Å². The highest BCUT2D eigenvalue weighted by atomic mass is 32.2. The number of methoxy groups -OCH3 is 1. The topological polar surface area (TPSA) is 68.6 Å². The predicted octanol–water partition coefficient (Wildman–Crippen LogP) is 4.33. The molecule has 7 heteroatoms. The van der Waals surface area contributed by atoms with Crippen LogP contribution in [-0.4, -0.2) is 39.7 Å². The van der Waals surface area contributed by atoms with E-state index in [1.807, 2.05) is 50.5 Å². The molecule has 1 aliphatic rings. The molecule has 1 saturated heterocycles. The number of hydrogen-bond acceptors (Lipinski definition) is 5. The molecule has 0 saturated carbocycles. The first-order chi connectivity index (χ1) is 13.3. The zero-order valence-electron chi connectivity index (χ0n) is 16.5. The largest absolute Gasteiger partial charge is 0.465 e. The van der Waals surface area contributed by atoms with Crippen molar-refractivity contribution in [2.75, 3.05) is 7.11 Å². The molecule has 0 radical (unpaired) electrons. The fourth-order valence-electron chi connectivity index (χ4n) is 3.32. The van der Waals surface area contributed by atoms with Crippen LogP contribution < -0.4 is 0 Å². The number of benzene rings is 1. The second kappa shape index (κ2) is 7.67. The number of aryl methyl sites for hydroxylation is 1. The van der Waals surface area contributed by atoms with Crippen LogP contribution in [0.5, 0.6) is 0 Å². The summed E-state index contributed by atoms with van der Waals surface area (Å²) < 4.78 is 6.85. The van der Waals surface area contributed by atoms with Gasteiger partial charge >= 0.3 is 5.97 Å². The van der Waals surface area contributed by atoms with E-state index < -0.39 is 5.97 Å². The molecule has 0 aliphatic carbocycles. The van der Waals surface area contributed by atoms with Gasteiger partial charge in [-0.25, -0.2) is 4.79 Å². The summed E-state index contributed by atoms with van der Waals surface area (Å²) in [6, 6.07) is 8.96. The van der Waals surface area contributed by atoms with Crippen molar-refractivity contribution in [2.24, 2.45) is 0 Å². The minimum Gasteiger partial charge on any atom is -0.465 e. The van der Waals surface area contributed by atoms with Gasteiger partial charge in [0.2, 0.25) is 0 Å². The molecule has 0 bridgehead atoms. The van der Waals surface area contributed by atoms with E-state index in [0.29, 0.717) is 16.2 Å². The van der Waals surface area contributed by atoms with Gasteiger partial charge in [0, 0.05) is 17.4 Å². The standard InChI is InChI=1S/C21H22N2O4S/c1-12(2)22-19(24)18(28-21(22)26)11-15-10-13(3)23(14(15)4)17-9-7-6-8-16(17)20(25)27-5/h6-12H,1-5H3/b18-11+. The quantitative estimate of drug-likeness (QED) is 0.567. The Morgan fingerprint density at radius 3 is 2.46 bits per heavy atom. The molecule has 2 heterocycles. The molecule has 0 atom stereocenters. The van der Waals surface area contributed by atoms with Gasteiger partial charge in [-0.3, -0.25) is 14.5 Å². The van der Waals surface area contributed by atoms with Crippen molar-refractivity contribution in [2.45, 2.75) is 33.7 Å². The zero-order chi connectivity index (χ0) is 20.6. The Balaban J connectivity index is 2.07. The summed E-state index contributed by atoms with van der Waals surface area (Å²) in [5.41, 5.74) is 3.76. The molecule has 1 aromatic heterocycles. The minimum absolute atomic E-state index is 0.183. The van der Waals surface area contributed by atoms with Crippen molar-refractivity contribution in [3.8, 4) is 5.69 Å². The fraction of sp³-hybridized carbons (Fsp3) is 0.286. The van der Waals surface area contributed by atoms with Crippen LogP contribution in [0.1, 0.15) is 41.2 Å². The third-order valence-electron chi connectivity index (χ3n) is 4.65. The highest BCUT2D eigenvalue weighted by molar-refractivity contribution is 8.18. The van der Waals surface area contributed by atoms with Gasteiger partial charge in [-0.2, -0.15) is 0 Å². The van der Waals surface area contributed by atoms with Crippen LogP contribution in [0.4, 0.5) is 4.79 Å². The Morgan fingerprint density at radius 2 is 1.86 bits per heavy atom. The number of amides is 2. The van der Waals surface area contributed by atoms with E-state index in [0.717, 1.165) is 28.7 Å². The van der Waals surface area contributed by atoms with E-state index in [2.05, 4.69) is 0 Å². The minimum atomic E-state index is -0.414. The van der Waals surface area contributed by atoms with Gasteiger partial charge in [-0.1, -0.05) is 12.1 Å². The molecule has 6 nitrogen and oxygen atoms in total. The number of ether oxygens (including phenoxy) is 1. The third-order valence-corrected chi connectivity index (χ3v) is 5.53. The van der Waals surface area contributed by atoms with E-state index in [4.69, 9.17) is 4.74 Å². The highest BCUT2D eigenvalue weighted by Gasteiger charge is 2.36. The Kier molecular flexibility index (Phi) is 5.47. The SMILES string of the molecule is COC(=O)c1ccccc1-n1c(C)cc(/C=C2/SC(=O)N(C(C)C)C2=O)c1C. The molecule has 0 N–H and O–H groups in total. The molecule has 0 unspecified atom stereocenters. The molecule has 1 aliphatic heterocycles. The van der Waals surface area contributed by atoms with Gasteiger partial charge in [-0.15, -0.1) is 0 Å². The molecule has 0 spiro atoms. The Hall–Kier alpha value is -2.80.